The fourth-order valence-corrected chi connectivity index (χ4v) is 2.46. The number of nitrogens with zero attached hydrogens (tertiary/aromatic N) is 2. The van der Waals surface area contributed by atoms with Gasteiger partial charge in [-0.25, -0.2) is 0 Å². The van der Waals surface area contributed by atoms with Crippen LogP contribution in [0.5, 0.6) is 0 Å². The summed E-state index contributed by atoms with van der Waals surface area (Å²) < 4.78 is 1.92. The van der Waals surface area contributed by atoms with Gasteiger partial charge in [-0.05, 0) is 43.7 Å². The van der Waals surface area contributed by atoms with Crippen molar-refractivity contribution in [3.8, 4) is 0 Å². The first-order valence-corrected chi connectivity index (χ1v) is 7.68. The lowest BCUT2D eigenvalue weighted by Crippen LogP contribution is -2.36. The molecular formula is C17H26ClN3O. The zero-order valence-corrected chi connectivity index (χ0v) is 13.9. The zero-order chi connectivity index (χ0) is 15.1. The highest BCUT2D eigenvalue weighted by Crippen LogP contribution is 2.11. The maximum Gasteiger partial charge on any atom is 0.0694 e. The van der Waals surface area contributed by atoms with Gasteiger partial charge in [0.05, 0.1) is 12.3 Å². The first-order chi connectivity index (χ1) is 10.2. The van der Waals surface area contributed by atoms with E-state index in [-0.39, 0.29) is 18.4 Å². The van der Waals surface area contributed by atoms with Gasteiger partial charge in [-0.15, -0.1) is 12.4 Å². The molecule has 4 nitrogen and oxygen atoms in total. The van der Waals surface area contributed by atoms with Gasteiger partial charge in [-0.3, -0.25) is 4.68 Å². The van der Waals surface area contributed by atoms with E-state index in [1.807, 2.05) is 41.2 Å². The first kappa shape index (κ1) is 18.7. The van der Waals surface area contributed by atoms with Crippen molar-refractivity contribution in [2.75, 3.05) is 0 Å². The Balaban J connectivity index is 0.00000242. The number of hydrogen-bond acceptors (Lipinski definition) is 3. The number of aliphatic hydroxyl groups is 1. The fourth-order valence-electron chi connectivity index (χ4n) is 2.46. The summed E-state index contributed by atoms with van der Waals surface area (Å²) in [6.07, 6.45) is 6.83. The first-order valence-electron chi connectivity index (χ1n) is 7.68. The van der Waals surface area contributed by atoms with Crippen LogP contribution in [-0.2, 0) is 19.4 Å². The molecular weight excluding hydrogens is 298 g/mol. The second-order valence-electron chi connectivity index (χ2n) is 5.52. The van der Waals surface area contributed by atoms with E-state index in [9.17, 15) is 5.11 Å². The van der Waals surface area contributed by atoms with Crippen LogP contribution in [0.3, 0.4) is 0 Å². The molecule has 0 aliphatic carbocycles. The molecule has 1 aromatic carbocycles. The standard InChI is InChI=1S/C17H25N3O.ClH/c1-2-20-13-15(12-19-20)9-6-10-17(21)16(18)11-14-7-4-3-5-8-14;/h3-5,7-8,12-13,16-17,21H,2,6,9-11,18H2,1H3;1H/t16-,17+;/m0./s1. The Labute approximate surface area is 138 Å². The monoisotopic (exact) mass is 323 g/mol. The molecule has 1 aromatic heterocycles. The molecule has 0 bridgehead atoms. The van der Waals surface area contributed by atoms with Crippen LogP contribution in [0, 0.1) is 0 Å². The van der Waals surface area contributed by atoms with Crippen molar-refractivity contribution in [1.82, 2.24) is 9.78 Å². The van der Waals surface area contributed by atoms with Gasteiger partial charge < -0.3 is 10.8 Å². The van der Waals surface area contributed by atoms with Crippen LogP contribution in [-0.4, -0.2) is 27.0 Å². The lowest BCUT2D eigenvalue weighted by Gasteiger charge is -2.18. The molecule has 2 atom stereocenters. The van der Waals surface area contributed by atoms with Crippen LogP contribution in [0.2, 0.25) is 0 Å². The van der Waals surface area contributed by atoms with Gasteiger partial charge in [-0.2, -0.15) is 5.10 Å². The third kappa shape index (κ3) is 5.79. The summed E-state index contributed by atoms with van der Waals surface area (Å²) in [6.45, 7) is 2.97. The quantitative estimate of drug-likeness (QED) is 0.784. The Kier molecular flexibility index (Phi) is 8.17. The molecule has 0 radical (unpaired) electrons. The number of hydrogen-bond donors (Lipinski definition) is 2. The Morgan fingerprint density at radius 1 is 1.23 bits per heavy atom. The van der Waals surface area contributed by atoms with E-state index in [2.05, 4.69) is 18.2 Å². The minimum absolute atomic E-state index is 0. The maximum atomic E-state index is 10.2. The van der Waals surface area contributed by atoms with E-state index < -0.39 is 6.10 Å². The van der Waals surface area contributed by atoms with Gasteiger partial charge in [0.2, 0.25) is 0 Å². The van der Waals surface area contributed by atoms with E-state index in [1.165, 1.54) is 11.1 Å². The molecule has 122 valence electrons. The Morgan fingerprint density at radius 2 is 1.95 bits per heavy atom. The minimum atomic E-state index is -0.452. The Hall–Kier alpha value is -1.36. The minimum Gasteiger partial charge on any atom is -0.392 e. The van der Waals surface area contributed by atoms with Crippen molar-refractivity contribution in [2.45, 2.75) is 51.3 Å². The SMILES string of the molecule is CCn1cc(CCC[C@@H](O)[C@@H](N)Cc2ccccc2)cn1.Cl. The Bertz CT molecular complexity index is 530. The molecule has 0 spiro atoms. The summed E-state index contributed by atoms with van der Waals surface area (Å²) in [5, 5.41) is 14.4. The van der Waals surface area contributed by atoms with Crippen molar-refractivity contribution in [3.63, 3.8) is 0 Å². The third-order valence-corrected chi connectivity index (χ3v) is 3.78. The molecule has 22 heavy (non-hydrogen) atoms. The van der Waals surface area contributed by atoms with E-state index in [0.29, 0.717) is 0 Å². The number of rotatable bonds is 8. The predicted octanol–water partition coefficient (Wildman–Crippen LogP) is 2.58. The van der Waals surface area contributed by atoms with Gasteiger partial charge in [0.15, 0.2) is 0 Å². The molecule has 0 fully saturated rings. The molecule has 3 N–H and O–H groups in total. The Morgan fingerprint density at radius 3 is 2.59 bits per heavy atom. The molecule has 0 unspecified atom stereocenters. The summed E-state index contributed by atoms with van der Waals surface area (Å²) in [7, 11) is 0. The second-order valence-corrected chi connectivity index (χ2v) is 5.52. The van der Waals surface area contributed by atoms with Crippen LogP contribution in [0.1, 0.15) is 30.9 Å². The largest absolute Gasteiger partial charge is 0.392 e. The summed E-state index contributed by atoms with van der Waals surface area (Å²) >= 11 is 0. The number of benzene rings is 1. The van der Waals surface area contributed by atoms with E-state index in [0.717, 1.165) is 32.2 Å². The van der Waals surface area contributed by atoms with Gasteiger partial charge in [0.1, 0.15) is 0 Å². The number of nitrogens with two attached hydrogens (primary N) is 1. The third-order valence-electron chi connectivity index (χ3n) is 3.78. The molecule has 0 aliphatic rings. The second kappa shape index (κ2) is 9.62. The van der Waals surface area contributed by atoms with Gasteiger partial charge in [-0.1, -0.05) is 30.3 Å². The van der Waals surface area contributed by atoms with Crippen molar-refractivity contribution < 1.29 is 5.11 Å². The average Bonchev–Trinajstić information content (AvgIpc) is 2.96. The molecule has 1 heterocycles. The van der Waals surface area contributed by atoms with Crippen molar-refractivity contribution in [3.05, 3.63) is 53.9 Å². The average molecular weight is 324 g/mol. The molecule has 5 heteroatoms. The topological polar surface area (TPSA) is 64.1 Å². The summed E-state index contributed by atoms with van der Waals surface area (Å²) in [6, 6.07) is 9.88. The van der Waals surface area contributed by atoms with Crippen LogP contribution in [0.15, 0.2) is 42.7 Å². The van der Waals surface area contributed by atoms with Crippen LogP contribution < -0.4 is 5.73 Å². The zero-order valence-electron chi connectivity index (χ0n) is 13.1. The van der Waals surface area contributed by atoms with Crippen LogP contribution in [0.25, 0.3) is 0 Å². The van der Waals surface area contributed by atoms with Gasteiger partial charge in [0.25, 0.3) is 0 Å². The molecule has 0 saturated heterocycles. The number of aromatic nitrogens is 2. The normalized spacial score (nSPS) is 13.4. The molecule has 2 aromatic rings. The maximum absolute atomic E-state index is 10.2. The molecule has 0 saturated carbocycles. The lowest BCUT2D eigenvalue weighted by molar-refractivity contribution is 0.132. The number of aryl methyl sites for hydroxylation is 2. The summed E-state index contributed by atoms with van der Waals surface area (Å²) in [5.41, 5.74) is 8.49. The highest BCUT2D eigenvalue weighted by Gasteiger charge is 2.15. The van der Waals surface area contributed by atoms with E-state index in [1.54, 1.807) is 0 Å². The van der Waals surface area contributed by atoms with Gasteiger partial charge >= 0.3 is 0 Å². The summed E-state index contributed by atoms with van der Waals surface area (Å²) in [4.78, 5) is 0. The fraction of sp³-hybridized carbons (Fsp3) is 0.471. The van der Waals surface area contributed by atoms with Crippen molar-refractivity contribution >= 4 is 12.4 Å². The van der Waals surface area contributed by atoms with Crippen LogP contribution in [0.4, 0.5) is 0 Å². The summed E-state index contributed by atoms with van der Waals surface area (Å²) in [5.74, 6) is 0. The smallest absolute Gasteiger partial charge is 0.0694 e. The molecule has 2 rings (SSSR count). The number of aliphatic hydroxyl groups excluding tert-OH is 1. The van der Waals surface area contributed by atoms with E-state index >= 15 is 0 Å². The van der Waals surface area contributed by atoms with Gasteiger partial charge in [0, 0.05) is 18.8 Å². The molecule has 0 aliphatic heterocycles. The van der Waals surface area contributed by atoms with E-state index in [4.69, 9.17) is 5.73 Å². The van der Waals surface area contributed by atoms with Crippen LogP contribution >= 0.6 is 12.4 Å². The highest BCUT2D eigenvalue weighted by molar-refractivity contribution is 5.85. The van der Waals surface area contributed by atoms with Crippen molar-refractivity contribution in [1.29, 1.82) is 0 Å². The predicted molar refractivity (Wildman–Crippen MR) is 92.2 cm³/mol. The highest BCUT2D eigenvalue weighted by atomic mass is 35.5. The van der Waals surface area contributed by atoms with Crippen molar-refractivity contribution in [2.24, 2.45) is 5.73 Å². The molecule has 0 amide bonds. The number of halogens is 1. The lowest BCUT2D eigenvalue weighted by atomic mass is 9.98.